The summed E-state index contributed by atoms with van der Waals surface area (Å²) in [7, 11) is 2.87. The average molecular weight is 907 g/mol. The van der Waals surface area contributed by atoms with Gasteiger partial charge in [0.25, 0.3) is 0 Å². The number of anilines is 1. The van der Waals surface area contributed by atoms with Gasteiger partial charge in [-0.05, 0) is 88.3 Å². The minimum Gasteiger partial charge on any atom is -0.481 e. The number of carbonyl (C=O) groups is 3. The van der Waals surface area contributed by atoms with E-state index in [-0.39, 0.29) is 66.7 Å². The third-order valence-electron chi connectivity index (χ3n) is 11.8. The fourth-order valence-electron chi connectivity index (χ4n) is 8.57. The van der Waals surface area contributed by atoms with Crippen LogP contribution in [0.15, 0.2) is 48.7 Å². The predicted octanol–water partition coefficient (Wildman–Crippen LogP) is 8.11. The lowest BCUT2D eigenvalue weighted by Crippen LogP contribution is -2.44. The van der Waals surface area contributed by atoms with E-state index < -0.39 is 29.5 Å². The second-order valence-electron chi connectivity index (χ2n) is 17.4. The molecule has 0 radical (unpaired) electrons. The van der Waals surface area contributed by atoms with Crippen molar-refractivity contribution in [1.29, 1.82) is 0 Å². The van der Waals surface area contributed by atoms with Crippen LogP contribution in [0.3, 0.4) is 0 Å². The molecule has 64 heavy (non-hydrogen) atoms. The number of pyridine rings is 3. The lowest BCUT2D eigenvalue weighted by molar-refractivity contribution is -0.137. The Kier molecular flexibility index (Phi) is 13.9. The van der Waals surface area contributed by atoms with Gasteiger partial charge in [0.2, 0.25) is 23.6 Å². The zero-order valence-electron chi connectivity index (χ0n) is 36.8. The Morgan fingerprint density at radius 3 is 2.34 bits per heavy atom. The zero-order chi connectivity index (χ0) is 45.9. The molecule has 4 aromatic rings. The monoisotopic (exact) mass is 906 g/mol. The van der Waals surface area contributed by atoms with Gasteiger partial charge in [0.15, 0.2) is 0 Å². The summed E-state index contributed by atoms with van der Waals surface area (Å²) in [5, 5.41) is 9.67. The summed E-state index contributed by atoms with van der Waals surface area (Å²) in [5.74, 6) is -0.0292. The summed E-state index contributed by atoms with van der Waals surface area (Å²) in [5.41, 5.74) is 3.23. The molecule has 0 spiro atoms. The van der Waals surface area contributed by atoms with Crippen LogP contribution in [0, 0.1) is 0 Å². The van der Waals surface area contributed by atoms with E-state index in [9.17, 15) is 27.6 Å². The maximum Gasteiger partial charge on any atom is 0.419 e. The number of aromatic nitrogens is 3. The lowest BCUT2D eigenvalue weighted by atomic mass is 9.98. The van der Waals surface area contributed by atoms with Crippen molar-refractivity contribution < 1.29 is 41.8 Å². The number of methoxy groups -OCH3 is 2. The first-order valence-electron chi connectivity index (χ1n) is 21.4. The van der Waals surface area contributed by atoms with E-state index in [0.29, 0.717) is 79.2 Å². The van der Waals surface area contributed by atoms with E-state index in [4.69, 9.17) is 30.8 Å². The number of hydrogen-bond donors (Lipinski definition) is 3. The van der Waals surface area contributed by atoms with Crippen LogP contribution in [0.1, 0.15) is 93.7 Å². The standard InChI is InChI=1S/C46H54ClF3N8O6/c1-26(59)57-20-17-29(18-21-57)52-23-28-22-35(46(48,49)50)41(56-43(28)63-6)54-36-14-12-31-32(36)8-7-9-33(31)40-39(47)34(16-19-51-40)37-13-10-27(42(55-37)62-5)24-58(44(61)64-45(2,3)4)25-30-11-15-38(60)53-30/h7-10,13,16,19,22,29-30,36,52H,11-12,14-15,17-18,20-21,23-25H2,1-6H3,(H,53,60)(H,54,56)/t30-,36-/m0/s1. The second-order valence-corrected chi connectivity index (χ2v) is 17.7. The molecule has 0 saturated carbocycles. The highest BCUT2D eigenvalue weighted by Gasteiger charge is 2.38. The highest BCUT2D eigenvalue weighted by molar-refractivity contribution is 6.35. The molecule has 18 heteroatoms. The molecule has 2 saturated heterocycles. The number of halogens is 4. The molecular formula is C46H54ClF3N8O6. The number of rotatable bonds is 13. The zero-order valence-corrected chi connectivity index (χ0v) is 37.6. The molecule has 3 aromatic heterocycles. The van der Waals surface area contributed by atoms with Gasteiger partial charge >= 0.3 is 12.3 Å². The number of nitrogens with one attached hydrogen (secondary N) is 3. The number of alkyl halides is 3. The summed E-state index contributed by atoms with van der Waals surface area (Å²) in [6.45, 7) is 8.53. The van der Waals surface area contributed by atoms with Gasteiger partial charge in [-0.15, -0.1) is 0 Å². The smallest absolute Gasteiger partial charge is 0.419 e. The first-order chi connectivity index (χ1) is 30.4. The van der Waals surface area contributed by atoms with E-state index in [1.807, 2.05) is 18.2 Å². The van der Waals surface area contributed by atoms with Gasteiger partial charge < -0.3 is 40.0 Å². The molecule has 2 aliphatic heterocycles. The van der Waals surface area contributed by atoms with E-state index in [2.05, 4.69) is 25.9 Å². The van der Waals surface area contributed by atoms with Crippen molar-refractivity contribution in [3.8, 4) is 34.3 Å². The molecule has 1 aliphatic carbocycles. The molecule has 2 atom stereocenters. The van der Waals surface area contributed by atoms with Gasteiger partial charge in [-0.2, -0.15) is 18.2 Å². The number of likely N-dealkylation sites (tertiary alicyclic amines) is 1. The van der Waals surface area contributed by atoms with Gasteiger partial charge in [-0.1, -0.05) is 29.8 Å². The molecule has 2 fully saturated rings. The van der Waals surface area contributed by atoms with E-state index in [1.165, 1.54) is 26.0 Å². The number of benzene rings is 1. The summed E-state index contributed by atoms with van der Waals surface area (Å²) in [6.07, 6.45) is -0.222. The Morgan fingerprint density at radius 1 is 0.953 bits per heavy atom. The number of piperidine rings is 1. The van der Waals surface area contributed by atoms with Gasteiger partial charge in [0.1, 0.15) is 11.4 Å². The van der Waals surface area contributed by atoms with Crippen LogP contribution in [0.5, 0.6) is 11.8 Å². The molecule has 3 amide bonds. The molecule has 3 aliphatic rings. The van der Waals surface area contributed by atoms with E-state index in [1.54, 1.807) is 50.1 Å². The summed E-state index contributed by atoms with van der Waals surface area (Å²) < 4.78 is 61.1. The number of ether oxygens (including phenoxy) is 3. The van der Waals surface area contributed by atoms with Crippen molar-refractivity contribution in [1.82, 2.24) is 35.4 Å². The Bertz CT molecular complexity index is 2390. The third kappa shape index (κ3) is 10.6. The van der Waals surface area contributed by atoms with Crippen molar-refractivity contribution in [3.63, 3.8) is 0 Å². The number of fused-ring (bicyclic) bond motifs is 1. The van der Waals surface area contributed by atoms with Crippen LogP contribution in [-0.4, -0.2) is 94.2 Å². The Labute approximate surface area is 375 Å². The normalized spacial score (nSPS) is 17.8. The fraction of sp³-hybridized carbons (Fsp3) is 0.478. The first kappa shape index (κ1) is 46.3. The quantitative estimate of drug-likeness (QED) is 0.119. The summed E-state index contributed by atoms with van der Waals surface area (Å²) in [6, 6.07) is 11.3. The molecule has 7 rings (SSSR count). The highest BCUT2D eigenvalue weighted by Crippen LogP contribution is 2.45. The summed E-state index contributed by atoms with van der Waals surface area (Å²) >= 11 is 7.16. The highest BCUT2D eigenvalue weighted by atomic mass is 35.5. The van der Waals surface area contributed by atoms with Crippen molar-refractivity contribution >= 4 is 35.3 Å². The van der Waals surface area contributed by atoms with Crippen LogP contribution in [0.25, 0.3) is 22.5 Å². The van der Waals surface area contributed by atoms with Crippen molar-refractivity contribution in [2.75, 3.05) is 39.2 Å². The third-order valence-corrected chi connectivity index (χ3v) is 12.1. The van der Waals surface area contributed by atoms with Gasteiger partial charge in [0, 0.05) is 80.1 Å². The molecule has 1 aromatic carbocycles. The largest absolute Gasteiger partial charge is 0.481 e. The Morgan fingerprint density at radius 2 is 1.69 bits per heavy atom. The van der Waals surface area contributed by atoms with Crippen LogP contribution >= 0.6 is 11.6 Å². The number of carbonyl (C=O) groups excluding carboxylic acids is 3. The van der Waals surface area contributed by atoms with Crippen molar-refractivity contribution in [2.24, 2.45) is 0 Å². The van der Waals surface area contributed by atoms with Crippen LogP contribution in [-0.2, 0) is 40.0 Å². The SMILES string of the molecule is COc1nc(-c2ccnc(-c3cccc4c3CC[C@@H]4Nc3nc(OC)c(CNC4CCN(C(C)=O)CC4)cc3C(F)(F)F)c2Cl)ccc1CN(C[C@@H]1CCC(=O)N1)C(=O)OC(C)(C)C. The van der Waals surface area contributed by atoms with Gasteiger partial charge in [-0.25, -0.2) is 9.78 Å². The molecule has 0 bridgehead atoms. The molecule has 342 valence electrons. The maximum absolute atomic E-state index is 14.7. The first-order valence-corrected chi connectivity index (χ1v) is 21.8. The van der Waals surface area contributed by atoms with Crippen LogP contribution in [0.4, 0.5) is 23.8 Å². The molecule has 5 heterocycles. The Hall–Kier alpha value is -5.68. The second kappa shape index (κ2) is 19.2. The van der Waals surface area contributed by atoms with Crippen molar-refractivity contribution in [2.45, 2.75) is 109 Å². The van der Waals surface area contributed by atoms with Gasteiger partial charge in [0.05, 0.1) is 48.8 Å². The van der Waals surface area contributed by atoms with Gasteiger partial charge in [-0.3, -0.25) is 14.6 Å². The summed E-state index contributed by atoms with van der Waals surface area (Å²) in [4.78, 5) is 54.2. The van der Waals surface area contributed by atoms with Crippen LogP contribution in [0.2, 0.25) is 5.02 Å². The van der Waals surface area contributed by atoms with Crippen molar-refractivity contribution in [3.05, 3.63) is 81.5 Å². The molecular weight excluding hydrogens is 853 g/mol. The number of nitrogens with zero attached hydrogens (tertiary/aromatic N) is 5. The minimum atomic E-state index is -4.70. The molecule has 14 nitrogen and oxygen atoms in total. The average Bonchev–Trinajstić information content (AvgIpc) is 3.87. The topological polar surface area (TPSA) is 160 Å². The lowest BCUT2D eigenvalue weighted by Gasteiger charge is -2.32. The Balaban J connectivity index is 1.12. The fourth-order valence-corrected chi connectivity index (χ4v) is 8.88. The van der Waals surface area contributed by atoms with E-state index >= 15 is 0 Å². The number of amides is 3. The van der Waals surface area contributed by atoms with E-state index in [0.717, 1.165) is 22.8 Å². The predicted molar refractivity (Wildman–Crippen MR) is 235 cm³/mol. The minimum absolute atomic E-state index is 0.00716. The van der Waals surface area contributed by atoms with Crippen LogP contribution < -0.4 is 25.4 Å². The number of hydrogen-bond acceptors (Lipinski definition) is 11. The molecule has 3 N–H and O–H groups in total. The molecule has 0 unspecified atom stereocenters. The maximum atomic E-state index is 14.7.